The van der Waals surface area contributed by atoms with Gasteiger partial charge in [0.15, 0.2) is 0 Å². The fourth-order valence-electron chi connectivity index (χ4n) is 2.01. The number of rotatable bonds is 8. The molecule has 0 spiro atoms. The minimum absolute atomic E-state index is 0.147. The highest BCUT2D eigenvalue weighted by atomic mass is 32.2. The number of hydrogen-bond donors (Lipinski definition) is 1. The van der Waals surface area contributed by atoms with Crippen molar-refractivity contribution in [2.24, 2.45) is 0 Å². The van der Waals surface area contributed by atoms with E-state index in [0.717, 1.165) is 13.0 Å². The predicted octanol–water partition coefficient (Wildman–Crippen LogP) is 1.04. The summed E-state index contributed by atoms with van der Waals surface area (Å²) in [5.74, 6) is 0.588. The molecule has 0 saturated heterocycles. The fraction of sp³-hybridized carbons (Fsp3) is 0.692. The van der Waals surface area contributed by atoms with Gasteiger partial charge in [0, 0.05) is 19.2 Å². The van der Waals surface area contributed by atoms with Crippen LogP contribution in [0.3, 0.4) is 0 Å². The first kappa shape index (κ1) is 17.2. The topological polar surface area (TPSA) is 74.0 Å². The van der Waals surface area contributed by atoms with E-state index in [0.29, 0.717) is 18.8 Å². The van der Waals surface area contributed by atoms with Crippen molar-refractivity contribution in [3.05, 3.63) is 17.6 Å². The van der Waals surface area contributed by atoms with Gasteiger partial charge in [0.25, 0.3) is 0 Å². The Hall–Kier alpha value is -0.890. The van der Waals surface area contributed by atoms with Gasteiger partial charge in [-0.25, -0.2) is 8.42 Å². The molecule has 1 aromatic heterocycles. The number of nitrogens with zero attached hydrogens (tertiary/aromatic N) is 2. The minimum atomic E-state index is -3.56. The summed E-state index contributed by atoms with van der Waals surface area (Å²) < 4.78 is 31.8. The normalized spacial score (nSPS) is 12.6. The summed E-state index contributed by atoms with van der Waals surface area (Å²) >= 11 is 0. The Balaban J connectivity index is 2.90. The molecule has 1 aromatic rings. The molecule has 0 amide bonds. The maximum Gasteiger partial charge on any atom is 0.246 e. The van der Waals surface area contributed by atoms with Crippen molar-refractivity contribution in [3.63, 3.8) is 0 Å². The van der Waals surface area contributed by atoms with Gasteiger partial charge in [0.2, 0.25) is 10.0 Å². The van der Waals surface area contributed by atoms with Gasteiger partial charge in [-0.3, -0.25) is 0 Å². The predicted molar refractivity (Wildman–Crippen MR) is 77.0 cm³/mol. The number of aliphatic hydroxyl groups excluding tert-OH is 1. The second-order valence-electron chi connectivity index (χ2n) is 4.94. The molecule has 0 unspecified atom stereocenters. The molecule has 0 aliphatic carbocycles. The maximum atomic E-state index is 12.6. The lowest BCUT2D eigenvalue weighted by Crippen LogP contribution is -2.33. The van der Waals surface area contributed by atoms with Crippen molar-refractivity contribution in [2.75, 3.05) is 33.7 Å². The second-order valence-corrected chi connectivity index (χ2v) is 6.85. The Morgan fingerprint density at radius 3 is 2.40 bits per heavy atom. The Morgan fingerprint density at radius 1 is 1.30 bits per heavy atom. The van der Waals surface area contributed by atoms with Gasteiger partial charge < -0.3 is 14.4 Å². The lowest BCUT2D eigenvalue weighted by molar-refractivity contribution is 0.244. The number of sulfonamides is 1. The molecule has 0 bridgehead atoms. The maximum absolute atomic E-state index is 12.6. The molecule has 0 aliphatic heterocycles. The average molecular weight is 304 g/mol. The zero-order valence-electron chi connectivity index (χ0n) is 12.6. The summed E-state index contributed by atoms with van der Waals surface area (Å²) in [5, 5.41) is 9.03. The molecule has 1 N–H and O–H groups in total. The molecule has 1 heterocycles. The van der Waals surface area contributed by atoms with Crippen molar-refractivity contribution in [2.45, 2.75) is 31.8 Å². The monoisotopic (exact) mass is 304 g/mol. The van der Waals surface area contributed by atoms with Crippen molar-refractivity contribution in [1.29, 1.82) is 0 Å². The highest BCUT2D eigenvalue weighted by molar-refractivity contribution is 7.89. The van der Waals surface area contributed by atoms with Crippen molar-refractivity contribution < 1.29 is 17.9 Å². The summed E-state index contributed by atoms with van der Waals surface area (Å²) in [6.45, 7) is 4.82. The molecular weight excluding hydrogens is 280 g/mol. The first-order valence-electron chi connectivity index (χ1n) is 6.68. The third kappa shape index (κ3) is 4.05. The molecule has 0 atom stereocenters. The van der Waals surface area contributed by atoms with Crippen LogP contribution >= 0.6 is 0 Å². The molecule has 0 radical (unpaired) electrons. The molecule has 1 rings (SSSR count). The summed E-state index contributed by atoms with van der Waals surface area (Å²) in [6, 6.07) is 1.40. The largest absolute Gasteiger partial charge is 0.462 e. The van der Waals surface area contributed by atoms with Crippen molar-refractivity contribution in [1.82, 2.24) is 9.21 Å². The molecule has 0 aliphatic rings. The zero-order chi connectivity index (χ0) is 15.3. The van der Waals surface area contributed by atoms with Crippen LogP contribution in [0.2, 0.25) is 0 Å². The van der Waals surface area contributed by atoms with Crippen LogP contribution in [0.25, 0.3) is 0 Å². The van der Waals surface area contributed by atoms with Gasteiger partial charge in [-0.2, -0.15) is 4.31 Å². The van der Waals surface area contributed by atoms with Gasteiger partial charge in [0.05, 0.1) is 0 Å². The molecule has 0 aromatic carbocycles. The van der Waals surface area contributed by atoms with E-state index in [1.165, 1.54) is 10.4 Å². The van der Waals surface area contributed by atoms with Gasteiger partial charge >= 0.3 is 0 Å². The standard InChI is InChI=1S/C13H24N2O4S/c1-5-15(8-6-7-14(3)4)20(17,18)13-9-12(10-16)19-11(13)2/h9,16H,5-8,10H2,1-4H3. The van der Waals surface area contributed by atoms with Crippen LogP contribution in [0.4, 0.5) is 0 Å². The van der Waals surface area contributed by atoms with Crippen LogP contribution in [0.1, 0.15) is 24.9 Å². The molecule has 7 heteroatoms. The first-order chi connectivity index (χ1) is 9.32. The van der Waals surface area contributed by atoms with E-state index in [2.05, 4.69) is 0 Å². The number of aliphatic hydroxyl groups is 1. The first-order valence-corrected chi connectivity index (χ1v) is 8.12. The quantitative estimate of drug-likeness (QED) is 0.777. The Labute approximate surface area is 121 Å². The van der Waals surface area contributed by atoms with Crippen LogP contribution in [-0.2, 0) is 16.6 Å². The summed E-state index contributed by atoms with van der Waals surface area (Å²) in [5.41, 5.74) is 0. The van der Waals surface area contributed by atoms with Crippen LogP contribution in [0.5, 0.6) is 0 Å². The van der Waals surface area contributed by atoms with Gasteiger partial charge in [0.1, 0.15) is 23.0 Å². The SMILES string of the molecule is CCN(CCCN(C)C)S(=O)(=O)c1cc(CO)oc1C. The summed E-state index contributed by atoms with van der Waals surface area (Å²) in [6.07, 6.45) is 0.768. The number of furan rings is 1. The van der Waals surface area contributed by atoms with Gasteiger partial charge in [-0.05, 0) is 34.0 Å². The fourth-order valence-corrected chi connectivity index (χ4v) is 3.68. The Bertz CT molecular complexity index is 522. The van der Waals surface area contributed by atoms with Crippen molar-refractivity contribution >= 4 is 10.0 Å². The Morgan fingerprint density at radius 2 is 1.95 bits per heavy atom. The van der Waals surface area contributed by atoms with E-state index >= 15 is 0 Å². The highest BCUT2D eigenvalue weighted by Gasteiger charge is 2.27. The van der Waals surface area contributed by atoms with E-state index in [-0.39, 0.29) is 17.3 Å². The van der Waals surface area contributed by atoms with E-state index < -0.39 is 10.0 Å². The highest BCUT2D eigenvalue weighted by Crippen LogP contribution is 2.23. The van der Waals surface area contributed by atoms with E-state index in [1.807, 2.05) is 25.9 Å². The molecular formula is C13H24N2O4S. The van der Waals surface area contributed by atoms with E-state index in [9.17, 15) is 8.42 Å². The second kappa shape index (κ2) is 7.21. The van der Waals surface area contributed by atoms with E-state index in [1.54, 1.807) is 6.92 Å². The zero-order valence-corrected chi connectivity index (χ0v) is 13.4. The van der Waals surface area contributed by atoms with Crippen molar-refractivity contribution in [3.8, 4) is 0 Å². The lowest BCUT2D eigenvalue weighted by Gasteiger charge is -2.21. The lowest BCUT2D eigenvalue weighted by atomic mass is 10.4. The molecule has 0 fully saturated rings. The molecule has 116 valence electrons. The van der Waals surface area contributed by atoms with Crippen LogP contribution < -0.4 is 0 Å². The average Bonchev–Trinajstić information content (AvgIpc) is 2.76. The smallest absolute Gasteiger partial charge is 0.246 e. The molecule has 20 heavy (non-hydrogen) atoms. The van der Waals surface area contributed by atoms with E-state index in [4.69, 9.17) is 9.52 Å². The molecule has 0 saturated carbocycles. The third-order valence-electron chi connectivity index (χ3n) is 3.06. The summed E-state index contributed by atoms with van der Waals surface area (Å²) in [7, 11) is 0.355. The number of aryl methyl sites for hydroxylation is 1. The minimum Gasteiger partial charge on any atom is -0.462 e. The third-order valence-corrected chi connectivity index (χ3v) is 5.14. The van der Waals surface area contributed by atoms with Crippen LogP contribution in [0.15, 0.2) is 15.4 Å². The molecule has 6 nitrogen and oxygen atoms in total. The number of hydrogen-bond acceptors (Lipinski definition) is 5. The van der Waals surface area contributed by atoms with Gasteiger partial charge in [-0.15, -0.1) is 0 Å². The van der Waals surface area contributed by atoms with Gasteiger partial charge in [-0.1, -0.05) is 6.92 Å². The van der Waals surface area contributed by atoms with Crippen LogP contribution in [-0.4, -0.2) is 56.5 Å². The van der Waals surface area contributed by atoms with Crippen LogP contribution in [0, 0.1) is 6.92 Å². The summed E-state index contributed by atoms with van der Waals surface area (Å²) in [4.78, 5) is 2.17. The Kier molecular flexibility index (Phi) is 6.19.